The smallest absolute Gasteiger partial charge is 0.292 e. The number of hydrogen-bond acceptors (Lipinski definition) is 16. The Balaban J connectivity index is 0.000000129. The van der Waals surface area contributed by atoms with Crippen LogP contribution >= 0.6 is 0 Å². The highest BCUT2D eigenvalue weighted by molar-refractivity contribution is 6.03. The number of rotatable bonds is 11. The van der Waals surface area contributed by atoms with E-state index in [1.54, 1.807) is 19.2 Å². The van der Waals surface area contributed by atoms with Gasteiger partial charge in [-0.1, -0.05) is 72.8 Å². The molecule has 0 radical (unpaired) electrons. The number of imidazole rings is 2. The second kappa shape index (κ2) is 26.3. The highest BCUT2D eigenvalue weighted by Gasteiger charge is 2.23. The number of nitro groups is 1. The fraction of sp³-hybridized carbons (Fsp3) is 0.227. The van der Waals surface area contributed by atoms with Gasteiger partial charge in [0.15, 0.2) is 11.6 Å². The molecule has 9 heterocycles. The molecule has 3 saturated heterocycles. The van der Waals surface area contributed by atoms with Crippen molar-refractivity contribution >= 4 is 93.9 Å². The van der Waals surface area contributed by atoms with E-state index in [9.17, 15) is 10.1 Å². The summed E-state index contributed by atoms with van der Waals surface area (Å²) in [5.41, 5.74) is 22.5. The van der Waals surface area contributed by atoms with Crippen molar-refractivity contribution in [3.63, 3.8) is 0 Å². The van der Waals surface area contributed by atoms with Gasteiger partial charge in [-0.3, -0.25) is 29.9 Å². The van der Waals surface area contributed by atoms with Crippen LogP contribution in [0.15, 0.2) is 189 Å². The molecule has 96 heavy (non-hydrogen) atoms. The molecule has 3 aliphatic rings. The van der Waals surface area contributed by atoms with E-state index in [-0.39, 0.29) is 11.4 Å². The highest BCUT2D eigenvalue weighted by Crippen LogP contribution is 2.38. The van der Waals surface area contributed by atoms with Crippen molar-refractivity contribution in [3.05, 3.63) is 204 Å². The first kappa shape index (κ1) is 60.9. The van der Waals surface area contributed by atoms with Gasteiger partial charge in [0.25, 0.3) is 5.69 Å². The van der Waals surface area contributed by atoms with Crippen LogP contribution in [0.1, 0.15) is 5.56 Å². The Hall–Kier alpha value is -11.3. The summed E-state index contributed by atoms with van der Waals surface area (Å²) in [6, 6.07) is 55.8. The molecule has 14 aromatic rings. The zero-order valence-corrected chi connectivity index (χ0v) is 54.2. The van der Waals surface area contributed by atoms with E-state index < -0.39 is 4.92 Å². The van der Waals surface area contributed by atoms with Crippen LogP contribution in [0.25, 0.3) is 111 Å². The first-order chi connectivity index (χ1) is 46.9. The number of H-pyrrole nitrogens is 3. The number of hydrogen-bond donors (Lipinski definition) is 4. The van der Waals surface area contributed by atoms with Crippen LogP contribution in [0.4, 0.5) is 28.4 Å². The minimum Gasteiger partial charge on any atom is -0.497 e. The van der Waals surface area contributed by atoms with Gasteiger partial charge in [-0.25, -0.2) is 9.97 Å². The Bertz CT molecular complexity index is 5140. The van der Waals surface area contributed by atoms with E-state index in [2.05, 4.69) is 213 Å². The zero-order chi connectivity index (χ0) is 65.4. The maximum absolute atomic E-state index is 10.7. The van der Waals surface area contributed by atoms with Gasteiger partial charge in [-0.2, -0.15) is 10.2 Å². The Morgan fingerprint density at radius 3 is 1.54 bits per heavy atom. The SMILES string of the molecule is CN1CCN(c2ccc([N+](=O)[O-])c(N)c2)CC1.CN1CCN(c2ccc3nc(-c4n[nH]c5ccc(-c6cncc7ccccc67)cc45)[nH]c3c2)CC1.COc1ccc(Cn2nc(-c3nc4ccc(N5CCN(C)CC5)cc4[nH]3)c3cc(-c4cncc5ccccc45)ccc32)cc1. The number of methoxy groups -OCH3 is 1. The highest BCUT2D eigenvalue weighted by atomic mass is 16.6. The monoisotopic (exact) mass is 1270 g/mol. The summed E-state index contributed by atoms with van der Waals surface area (Å²) in [6.45, 7) is 12.9. The van der Waals surface area contributed by atoms with E-state index >= 15 is 0 Å². The van der Waals surface area contributed by atoms with Crippen LogP contribution in [-0.2, 0) is 6.54 Å². The molecule has 0 aliphatic carbocycles. The number of nitrogen functional groups attached to an aromatic ring is 1. The number of ether oxygens (including phenoxy) is 1. The van der Waals surface area contributed by atoms with Crippen LogP contribution < -0.4 is 25.2 Å². The minimum absolute atomic E-state index is 0.0251. The molecule has 3 aliphatic heterocycles. The summed E-state index contributed by atoms with van der Waals surface area (Å²) in [6.07, 6.45) is 7.71. The average molecular weight is 1280 g/mol. The lowest BCUT2D eigenvalue weighted by Gasteiger charge is -2.34. The summed E-state index contributed by atoms with van der Waals surface area (Å²) in [5, 5.41) is 30.3. The van der Waals surface area contributed by atoms with Crippen molar-refractivity contribution < 1.29 is 9.66 Å². The third kappa shape index (κ3) is 12.4. The number of likely N-dealkylation sites (N-methyl/N-ethyl adjacent to an activating group) is 3. The van der Waals surface area contributed by atoms with Gasteiger partial charge < -0.3 is 49.8 Å². The molecule has 8 aromatic carbocycles. The number of aromatic nitrogens is 10. The zero-order valence-electron chi connectivity index (χ0n) is 54.2. The largest absolute Gasteiger partial charge is 0.497 e. The molecule has 0 spiro atoms. The summed E-state index contributed by atoms with van der Waals surface area (Å²) in [7, 11) is 8.13. The third-order valence-corrected chi connectivity index (χ3v) is 19.0. The Morgan fingerprint density at radius 2 is 1.01 bits per heavy atom. The topological polar surface area (TPSA) is 227 Å². The number of nitrogens with zero attached hydrogens (tertiary/aromatic N) is 14. The first-order valence-corrected chi connectivity index (χ1v) is 32.6. The van der Waals surface area contributed by atoms with E-state index in [0.29, 0.717) is 6.54 Å². The molecule has 0 saturated carbocycles. The lowest BCUT2D eigenvalue weighted by molar-refractivity contribution is -0.383. The van der Waals surface area contributed by atoms with Crippen LogP contribution in [-0.4, -0.2) is 176 Å². The van der Waals surface area contributed by atoms with E-state index in [4.69, 9.17) is 25.5 Å². The molecule has 3 fully saturated rings. The van der Waals surface area contributed by atoms with Gasteiger partial charge in [-0.15, -0.1) is 0 Å². The van der Waals surface area contributed by atoms with Gasteiger partial charge in [0.1, 0.15) is 22.8 Å². The average Bonchev–Trinajstić information content (AvgIpc) is 1.59. The third-order valence-electron chi connectivity index (χ3n) is 19.0. The summed E-state index contributed by atoms with van der Waals surface area (Å²) < 4.78 is 7.44. The fourth-order valence-electron chi connectivity index (χ4n) is 13.3. The van der Waals surface area contributed by atoms with Gasteiger partial charge >= 0.3 is 0 Å². The van der Waals surface area contributed by atoms with E-state index in [0.717, 1.165) is 195 Å². The molecule has 0 bridgehead atoms. The molecule has 21 nitrogen and oxygen atoms in total. The Labute approximate surface area is 554 Å². The molecule has 0 unspecified atom stereocenters. The number of aromatic amines is 3. The van der Waals surface area contributed by atoms with Crippen LogP contribution in [0, 0.1) is 10.1 Å². The van der Waals surface area contributed by atoms with Crippen LogP contribution in [0.2, 0.25) is 0 Å². The van der Waals surface area contributed by atoms with Crippen molar-refractivity contribution in [3.8, 4) is 51.0 Å². The second-order valence-electron chi connectivity index (χ2n) is 25.2. The molecular formula is C75H74N18O3. The molecule has 5 N–H and O–H groups in total. The maximum atomic E-state index is 10.7. The standard InChI is InChI=1S/C36H33N7O.C28H25N7.C11H16N4O2/c1-41-15-17-42(18-16-41)27-10-13-32-33(20-27)39-36(38-32)35-30-19-25(31-22-37-21-26-5-3-4-6-29(26)31)9-14-34(30)43(40-35)23-24-7-11-28(44-2)12-8-24;1-34-10-12-35(13-11-34)20-7-9-25-26(15-20)31-28(30-25)27-22-14-18(6-8-24(22)32-33-27)23-17-29-16-19-4-2-3-5-21(19)23;1-13-4-6-14(7-5-13)9-2-3-11(15(16)17)10(12)8-9/h3-14,19-22H,15-18,23H2,1-2H3,(H,38,39);2-9,14-17H,10-13H2,1H3,(H,30,31)(H,32,33);2-3,8H,4-7,12H2,1H3. The second-order valence-corrected chi connectivity index (χ2v) is 25.2. The number of anilines is 4. The lowest BCUT2D eigenvalue weighted by atomic mass is 9.99. The van der Waals surface area contributed by atoms with Gasteiger partial charge in [0.2, 0.25) is 0 Å². The van der Waals surface area contributed by atoms with Crippen molar-refractivity contribution in [1.29, 1.82) is 0 Å². The van der Waals surface area contributed by atoms with Gasteiger partial charge in [0.05, 0.1) is 51.7 Å². The molecule has 17 rings (SSSR count). The molecule has 6 aromatic heterocycles. The summed E-state index contributed by atoms with van der Waals surface area (Å²) >= 11 is 0. The summed E-state index contributed by atoms with van der Waals surface area (Å²) in [4.78, 5) is 50.4. The molecule has 21 heteroatoms. The lowest BCUT2D eigenvalue weighted by Crippen LogP contribution is -2.44. The van der Waals surface area contributed by atoms with Gasteiger partial charge in [0, 0.05) is 159 Å². The Kier molecular flexibility index (Phi) is 16.7. The normalized spacial score (nSPS) is 15.0. The molecule has 0 atom stereocenters. The minimum atomic E-state index is -0.455. The number of piperazine rings is 3. The fourth-order valence-corrected chi connectivity index (χ4v) is 13.3. The summed E-state index contributed by atoms with van der Waals surface area (Å²) in [5.74, 6) is 2.38. The number of pyridine rings is 2. The van der Waals surface area contributed by atoms with Crippen molar-refractivity contribution in [1.82, 2.24) is 64.6 Å². The molecular weight excluding hydrogens is 1200 g/mol. The quantitative estimate of drug-likeness (QED) is 0.0536. The van der Waals surface area contributed by atoms with Crippen molar-refractivity contribution in [2.45, 2.75) is 6.54 Å². The number of fused-ring (bicyclic) bond motifs is 6. The van der Waals surface area contributed by atoms with E-state index in [1.807, 2.05) is 43.0 Å². The number of benzene rings is 8. The van der Waals surface area contributed by atoms with Crippen LogP contribution in [0.3, 0.4) is 0 Å². The van der Waals surface area contributed by atoms with Gasteiger partial charge in [-0.05, 0) is 134 Å². The number of nitrogens with one attached hydrogen (secondary N) is 3. The van der Waals surface area contributed by atoms with Crippen molar-refractivity contribution in [2.24, 2.45) is 0 Å². The molecule has 0 amide bonds. The van der Waals surface area contributed by atoms with E-state index in [1.165, 1.54) is 28.2 Å². The predicted molar refractivity (Wildman–Crippen MR) is 386 cm³/mol. The van der Waals surface area contributed by atoms with Crippen molar-refractivity contribution in [2.75, 3.05) is 127 Å². The first-order valence-electron chi connectivity index (χ1n) is 32.6. The maximum Gasteiger partial charge on any atom is 0.292 e. The Morgan fingerprint density at radius 1 is 0.510 bits per heavy atom. The molecule has 482 valence electrons. The van der Waals surface area contributed by atoms with Crippen LogP contribution in [0.5, 0.6) is 5.75 Å². The number of nitrogens with two attached hydrogens (primary N) is 1. The predicted octanol–water partition coefficient (Wildman–Crippen LogP) is 12.6. The number of nitro benzene ring substituents is 1.